The molecule has 1 fully saturated rings. The van der Waals surface area contributed by atoms with E-state index < -0.39 is 15.9 Å². The lowest BCUT2D eigenvalue weighted by Crippen LogP contribution is -2.44. The fraction of sp³-hybridized carbons (Fsp3) is 0.111. The number of amides is 1. The lowest BCUT2D eigenvalue weighted by molar-refractivity contribution is -0.123. The molecule has 0 bridgehead atoms. The maximum atomic E-state index is 12.7. The lowest BCUT2D eigenvalue weighted by atomic mass is 10.2. The van der Waals surface area contributed by atoms with Gasteiger partial charge in [-0.25, -0.2) is 13.4 Å². The molecule has 4 rings (SSSR count). The zero-order valence-electron chi connectivity index (χ0n) is 14.3. The molecule has 144 valence electrons. The Hall–Kier alpha value is -2.40. The van der Waals surface area contributed by atoms with Crippen molar-refractivity contribution < 1.29 is 22.7 Å². The van der Waals surface area contributed by atoms with E-state index in [1.54, 1.807) is 42.5 Å². The van der Waals surface area contributed by atoms with E-state index in [0.717, 1.165) is 22.3 Å². The van der Waals surface area contributed by atoms with Gasteiger partial charge in [0.25, 0.3) is 15.9 Å². The molecule has 0 unspecified atom stereocenters. The number of benzene rings is 2. The van der Waals surface area contributed by atoms with Gasteiger partial charge in [-0.2, -0.15) is 0 Å². The third-order valence-electron chi connectivity index (χ3n) is 3.92. The van der Waals surface area contributed by atoms with E-state index >= 15 is 0 Å². The van der Waals surface area contributed by atoms with Crippen molar-refractivity contribution in [1.82, 2.24) is 9.84 Å². The van der Waals surface area contributed by atoms with E-state index in [4.69, 9.17) is 21.7 Å². The van der Waals surface area contributed by atoms with E-state index in [2.05, 4.69) is 4.83 Å². The fourth-order valence-corrected chi connectivity index (χ4v) is 4.95. The zero-order chi connectivity index (χ0) is 19.7. The molecule has 0 atom stereocenters. The quantitative estimate of drug-likeness (QED) is 0.585. The van der Waals surface area contributed by atoms with Crippen LogP contribution in [0.2, 0.25) is 0 Å². The number of fused-ring (bicyclic) bond motifs is 1. The summed E-state index contributed by atoms with van der Waals surface area (Å²) in [4.78, 5) is 15.3. The fourth-order valence-electron chi connectivity index (χ4n) is 2.62. The van der Waals surface area contributed by atoms with Crippen molar-refractivity contribution in [3.05, 3.63) is 59.0 Å². The van der Waals surface area contributed by atoms with Crippen LogP contribution in [0.25, 0.3) is 6.08 Å². The van der Waals surface area contributed by atoms with Crippen LogP contribution in [-0.2, 0) is 14.8 Å². The molecule has 2 heterocycles. The number of thiocarbonyl (C=S) groups is 1. The van der Waals surface area contributed by atoms with Gasteiger partial charge >= 0.3 is 0 Å². The summed E-state index contributed by atoms with van der Waals surface area (Å²) in [6.07, 6.45) is 1.63. The van der Waals surface area contributed by atoms with Crippen LogP contribution in [0, 0.1) is 0 Å². The summed E-state index contributed by atoms with van der Waals surface area (Å²) in [5.74, 6) is 0.705. The van der Waals surface area contributed by atoms with E-state index in [9.17, 15) is 13.2 Å². The van der Waals surface area contributed by atoms with E-state index in [1.807, 2.05) is 0 Å². The average Bonchev–Trinajstić information content (AvgIpc) is 2.95. The van der Waals surface area contributed by atoms with Crippen LogP contribution in [0.15, 0.2) is 58.3 Å². The molecule has 0 saturated carbocycles. The second kappa shape index (κ2) is 7.55. The van der Waals surface area contributed by atoms with Gasteiger partial charge < -0.3 is 9.47 Å². The van der Waals surface area contributed by atoms with Crippen molar-refractivity contribution in [2.75, 3.05) is 13.2 Å². The number of hydrogen-bond acceptors (Lipinski definition) is 7. The Morgan fingerprint density at radius 2 is 1.79 bits per heavy atom. The maximum absolute atomic E-state index is 12.7. The first-order valence-corrected chi connectivity index (χ1v) is 10.9. The molecule has 2 aliphatic rings. The van der Waals surface area contributed by atoms with Crippen LogP contribution in [0.4, 0.5) is 0 Å². The van der Waals surface area contributed by atoms with Crippen molar-refractivity contribution in [2.24, 2.45) is 0 Å². The van der Waals surface area contributed by atoms with Crippen molar-refractivity contribution >= 4 is 50.3 Å². The van der Waals surface area contributed by atoms with Crippen molar-refractivity contribution in [3.8, 4) is 11.5 Å². The number of sulfonamides is 1. The number of rotatable bonds is 4. The van der Waals surface area contributed by atoms with Crippen LogP contribution >= 0.6 is 24.0 Å². The summed E-state index contributed by atoms with van der Waals surface area (Å²) >= 11 is 6.20. The van der Waals surface area contributed by atoms with Crippen molar-refractivity contribution in [3.63, 3.8) is 0 Å². The molecule has 1 amide bonds. The van der Waals surface area contributed by atoms with E-state index in [-0.39, 0.29) is 9.22 Å². The maximum Gasteiger partial charge on any atom is 0.281 e. The first kappa shape index (κ1) is 18.9. The van der Waals surface area contributed by atoms with Gasteiger partial charge in [-0.05, 0) is 35.9 Å². The Kier molecular flexibility index (Phi) is 5.11. The standard InChI is InChI=1S/C18H14N2O5S3/c21-17-16(11-12-6-7-14-15(10-12)25-9-8-24-14)27-18(26)20(17)19-28(22,23)13-4-2-1-3-5-13/h1-7,10-11,19H,8-9H2/b16-11+. The van der Waals surface area contributed by atoms with Crippen LogP contribution in [-0.4, -0.2) is 36.9 Å². The van der Waals surface area contributed by atoms with Crippen LogP contribution < -0.4 is 14.3 Å². The predicted molar refractivity (Wildman–Crippen MR) is 109 cm³/mol. The molecular formula is C18H14N2O5S3. The highest BCUT2D eigenvalue weighted by atomic mass is 32.2. The monoisotopic (exact) mass is 434 g/mol. The summed E-state index contributed by atoms with van der Waals surface area (Å²) < 4.78 is 36.1. The third-order valence-corrected chi connectivity index (χ3v) is 6.54. The highest BCUT2D eigenvalue weighted by molar-refractivity contribution is 8.26. The molecule has 2 aliphatic heterocycles. The molecule has 2 aromatic carbocycles. The normalized spacial score (nSPS) is 18.0. The van der Waals surface area contributed by atoms with E-state index in [1.165, 1.54) is 12.1 Å². The van der Waals surface area contributed by atoms with Gasteiger partial charge in [0.05, 0.1) is 9.80 Å². The molecule has 1 saturated heterocycles. The Morgan fingerprint density at radius 1 is 1.07 bits per heavy atom. The summed E-state index contributed by atoms with van der Waals surface area (Å²) in [7, 11) is -3.93. The van der Waals surface area contributed by atoms with E-state index in [0.29, 0.717) is 29.6 Å². The van der Waals surface area contributed by atoms with Crippen molar-refractivity contribution in [1.29, 1.82) is 0 Å². The average molecular weight is 435 g/mol. The van der Waals surface area contributed by atoms with Gasteiger partial charge in [-0.15, -0.1) is 4.83 Å². The first-order chi connectivity index (χ1) is 13.4. The number of hydrazine groups is 1. The molecule has 1 N–H and O–H groups in total. The van der Waals surface area contributed by atoms with Gasteiger partial charge in [0, 0.05) is 0 Å². The summed E-state index contributed by atoms with van der Waals surface area (Å²) in [5, 5.41) is 0.867. The summed E-state index contributed by atoms with van der Waals surface area (Å²) in [6, 6.07) is 13.1. The molecule has 10 heteroatoms. The number of nitrogens with zero attached hydrogens (tertiary/aromatic N) is 1. The first-order valence-electron chi connectivity index (χ1n) is 8.19. The number of thioether (sulfide) groups is 1. The minimum absolute atomic E-state index is 0.0415. The third kappa shape index (κ3) is 3.76. The van der Waals surface area contributed by atoms with Crippen LogP contribution in [0.3, 0.4) is 0 Å². The Balaban J connectivity index is 1.56. The minimum Gasteiger partial charge on any atom is -0.486 e. The van der Waals surface area contributed by atoms with Crippen LogP contribution in [0.5, 0.6) is 11.5 Å². The Bertz CT molecular complexity index is 1080. The SMILES string of the molecule is O=C1/C(=C\c2ccc3c(c2)OCCO3)SC(=S)N1NS(=O)(=O)c1ccccc1. The highest BCUT2D eigenvalue weighted by Crippen LogP contribution is 2.35. The smallest absolute Gasteiger partial charge is 0.281 e. The van der Waals surface area contributed by atoms with Gasteiger partial charge in [0.1, 0.15) is 13.2 Å². The molecule has 0 spiro atoms. The topological polar surface area (TPSA) is 84.9 Å². The Labute approximate surface area is 171 Å². The van der Waals surface area contributed by atoms with Crippen LogP contribution in [0.1, 0.15) is 5.56 Å². The predicted octanol–water partition coefficient (Wildman–Crippen LogP) is 2.55. The second-order valence-electron chi connectivity index (χ2n) is 5.83. The van der Waals surface area contributed by atoms with Gasteiger partial charge in [-0.3, -0.25) is 4.79 Å². The minimum atomic E-state index is -3.93. The lowest BCUT2D eigenvalue weighted by Gasteiger charge is -2.18. The van der Waals surface area contributed by atoms with Gasteiger partial charge in [0.15, 0.2) is 15.8 Å². The molecule has 0 radical (unpaired) electrons. The number of carbonyl (C=O) groups is 1. The molecule has 0 aromatic heterocycles. The number of ether oxygens (including phenoxy) is 2. The summed E-state index contributed by atoms with van der Waals surface area (Å²) in [5.41, 5.74) is 0.718. The molecular weight excluding hydrogens is 420 g/mol. The number of carbonyl (C=O) groups excluding carboxylic acids is 1. The molecule has 0 aliphatic carbocycles. The Morgan fingerprint density at radius 3 is 2.54 bits per heavy atom. The molecule has 2 aromatic rings. The highest BCUT2D eigenvalue weighted by Gasteiger charge is 2.35. The molecule has 7 nitrogen and oxygen atoms in total. The second-order valence-corrected chi connectivity index (χ2v) is 9.16. The largest absolute Gasteiger partial charge is 0.486 e. The van der Waals surface area contributed by atoms with Gasteiger partial charge in [0.2, 0.25) is 0 Å². The van der Waals surface area contributed by atoms with Crippen molar-refractivity contribution in [2.45, 2.75) is 4.90 Å². The zero-order valence-corrected chi connectivity index (χ0v) is 16.8. The number of nitrogens with one attached hydrogen (secondary N) is 1. The number of hydrogen-bond donors (Lipinski definition) is 1. The summed E-state index contributed by atoms with van der Waals surface area (Å²) in [6.45, 7) is 0.951. The molecule has 28 heavy (non-hydrogen) atoms. The van der Waals surface area contributed by atoms with Gasteiger partial charge in [-0.1, -0.05) is 48.2 Å².